The number of nitrogens with one attached hydrogen (secondary N) is 1. The first-order valence-corrected chi connectivity index (χ1v) is 9.40. The monoisotopic (exact) mass is 316 g/mol. The molecule has 0 saturated carbocycles. The minimum atomic E-state index is -0.433. The molecule has 0 bridgehead atoms. The van der Waals surface area contributed by atoms with Crippen LogP contribution in [0.3, 0.4) is 0 Å². The second-order valence-electron chi connectivity index (χ2n) is 6.46. The van der Waals surface area contributed by atoms with Crippen LogP contribution in [0.4, 0.5) is 0 Å². The van der Waals surface area contributed by atoms with Gasteiger partial charge in [0.1, 0.15) is 0 Å². The van der Waals surface area contributed by atoms with Gasteiger partial charge in [0.15, 0.2) is 0 Å². The molecular formula is C18H40N2O2. The molecule has 0 radical (unpaired) electrons. The molecule has 0 aliphatic rings. The molecule has 0 fully saturated rings. The average molecular weight is 317 g/mol. The number of aliphatic hydroxyl groups excluding tert-OH is 1. The van der Waals surface area contributed by atoms with Crippen LogP contribution in [0, 0.1) is 0 Å². The highest BCUT2D eigenvalue weighted by Gasteiger charge is 2.05. The van der Waals surface area contributed by atoms with Crippen molar-refractivity contribution in [1.29, 1.82) is 0 Å². The Kier molecular flexibility index (Phi) is 17.1. The molecule has 4 nitrogen and oxygen atoms in total. The van der Waals surface area contributed by atoms with E-state index < -0.39 is 6.10 Å². The van der Waals surface area contributed by atoms with Crippen molar-refractivity contribution < 1.29 is 9.84 Å². The molecular weight excluding hydrogens is 276 g/mol. The van der Waals surface area contributed by atoms with Crippen molar-refractivity contribution in [1.82, 2.24) is 5.32 Å². The molecule has 22 heavy (non-hydrogen) atoms. The van der Waals surface area contributed by atoms with Gasteiger partial charge in [-0.15, -0.1) is 0 Å². The molecule has 0 aliphatic carbocycles. The summed E-state index contributed by atoms with van der Waals surface area (Å²) in [5.41, 5.74) is 5.50. The van der Waals surface area contributed by atoms with E-state index in [4.69, 9.17) is 10.5 Å². The molecule has 0 saturated heterocycles. The van der Waals surface area contributed by atoms with E-state index in [-0.39, 0.29) is 6.04 Å². The molecule has 0 aliphatic heterocycles. The molecule has 0 rings (SSSR count). The lowest BCUT2D eigenvalue weighted by molar-refractivity contribution is 0.0345. The summed E-state index contributed by atoms with van der Waals surface area (Å²) in [6.07, 6.45) is 12.9. The molecule has 4 heteroatoms. The van der Waals surface area contributed by atoms with Gasteiger partial charge in [-0.25, -0.2) is 0 Å². The van der Waals surface area contributed by atoms with Crippen molar-refractivity contribution in [3.05, 3.63) is 0 Å². The SMILES string of the molecule is CCCCCCCCCCCCOCC(O)CNC(C)CN. The third kappa shape index (κ3) is 16.2. The van der Waals surface area contributed by atoms with Crippen molar-refractivity contribution in [2.45, 2.75) is 90.2 Å². The summed E-state index contributed by atoms with van der Waals surface area (Å²) >= 11 is 0. The van der Waals surface area contributed by atoms with E-state index in [1.54, 1.807) is 0 Å². The normalized spacial score (nSPS) is 14.2. The fourth-order valence-electron chi connectivity index (χ4n) is 2.39. The van der Waals surface area contributed by atoms with Gasteiger partial charge in [-0.2, -0.15) is 0 Å². The Morgan fingerprint density at radius 2 is 1.50 bits per heavy atom. The average Bonchev–Trinajstić information content (AvgIpc) is 2.53. The topological polar surface area (TPSA) is 67.5 Å². The molecule has 2 unspecified atom stereocenters. The number of ether oxygens (including phenoxy) is 1. The number of hydrogen-bond donors (Lipinski definition) is 3. The van der Waals surface area contributed by atoms with Crippen LogP contribution in [0.25, 0.3) is 0 Å². The molecule has 2 atom stereocenters. The zero-order valence-corrected chi connectivity index (χ0v) is 15.0. The first-order chi connectivity index (χ1) is 10.7. The Morgan fingerprint density at radius 1 is 0.955 bits per heavy atom. The number of rotatable bonds is 17. The van der Waals surface area contributed by atoms with Gasteiger partial charge in [-0.1, -0.05) is 64.7 Å². The van der Waals surface area contributed by atoms with E-state index in [0.717, 1.165) is 13.0 Å². The van der Waals surface area contributed by atoms with Gasteiger partial charge in [-0.3, -0.25) is 0 Å². The lowest BCUT2D eigenvalue weighted by atomic mass is 10.1. The van der Waals surface area contributed by atoms with Gasteiger partial charge in [-0.05, 0) is 13.3 Å². The summed E-state index contributed by atoms with van der Waals surface area (Å²) in [6, 6.07) is 0.247. The molecule has 0 aromatic carbocycles. The van der Waals surface area contributed by atoms with E-state index in [0.29, 0.717) is 19.7 Å². The van der Waals surface area contributed by atoms with Crippen LogP contribution in [0.15, 0.2) is 0 Å². The lowest BCUT2D eigenvalue weighted by Gasteiger charge is -2.15. The maximum atomic E-state index is 9.73. The van der Waals surface area contributed by atoms with Gasteiger partial charge in [0, 0.05) is 25.7 Å². The van der Waals surface area contributed by atoms with Crippen molar-refractivity contribution in [2.24, 2.45) is 5.73 Å². The van der Waals surface area contributed by atoms with Crippen molar-refractivity contribution in [3.8, 4) is 0 Å². The summed E-state index contributed by atoms with van der Waals surface area (Å²) in [4.78, 5) is 0. The molecule has 134 valence electrons. The van der Waals surface area contributed by atoms with Gasteiger partial charge in [0.05, 0.1) is 12.7 Å². The predicted octanol–water partition coefficient (Wildman–Crippen LogP) is 3.22. The van der Waals surface area contributed by atoms with Crippen LogP contribution < -0.4 is 11.1 Å². The van der Waals surface area contributed by atoms with Gasteiger partial charge in [0.25, 0.3) is 0 Å². The van der Waals surface area contributed by atoms with Crippen LogP contribution in [-0.4, -0.2) is 43.6 Å². The second-order valence-corrected chi connectivity index (χ2v) is 6.46. The Balaban J connectivity index is 3.13. The lowest BCUT2D eigenvalue weighted by Crippen LogP contribution is -2.39. The van der Waals surface area contributed by atoms with Crippen molar-refractivity contribution >= 4 is 0 Å². The minimum Gasteiger partial charge on any atom is -0.389 e. The Bertz CT molecular complexity index is 215. The smallest absolute Gasteiger partial charge is 0.0897 e. The zero-order chi connectivity index (χ0) is 16.5. The van der Waals surface area contributed by atoms with Crippen LogP contribution >= 0.6 is 0 Å². The summed E-state index contributed by atoms with van der Waals surface area (Å²) in [6.45, 7) is 6.60. The summed E-state index contributed by atoms with van der Waals surface area (Å²) in [5, 5.41) is 12.9. The predicted molar refractivity (Wildman–Crippen MR) is 95.2 cm³/mol. The van der Waals surface area contributed by atoms with Gasteiger partial charge in [0.2, 0.25) is 0 Å². The fraction of sp³-hybridized carbons (Fsp3) is 1.00. The Labute approximate surface area is 138 Å². The fourth-order valence-corrected chi connectivity index (χ4v) is 2.39. The Morgan fingerprint density at radius 3 is 2.05 bits per heavy atom. The number of aliphatic hydroxyl groups is 1. The standard InChI is InChI=1S/C18H40N2O2/c1-3-4-5-6-7-8-9-10-11-12-13-22-16-18(21)15-20-17(2)14-19/h17-18,20-21H,3-16,19H2,1-2H3. The van der Waals surface area contributed by atoms with Crippen LogP contribution in [0.5, 0.6) is 0 Å². The first kappa shape index (κ1) is 21.8. The summed E-state index contributed by atoms with van der Waals surface area (Å²) in [7, 11) is 0. The number of unbranched alkanes of at least 4 members (excludes halogenated alkanes) is 9. The maximum Gasteiger partial charge on any atom is 0.0897 e. The highest BCUT2D eigenvalue weighted by molar-refractivity contribution is 4.65. The minimum absolute atomic E-state index is 0.247. The van der Waals surface area contributed by atoms with Crippen LogP contribution in [-0.2, 0) is 4.74 Å². The van der Waals surface area contributed by atoms with Gasteiger partial charge >= 0.3 is 0 Å². The second kappa shape index (κ2) is 17.2. The van der Waals surface area contributed by atoms with E-state index >= 15 is 0 Å². The highest BCUT2D eigenvalue weighted by Crippen LogP contribution is 2.10. The number of hydrogen-bond acceptors (Lipinski definition) is 4. The van der Waals surface area contributed by atoms with Crippen molar-refractivity contribution in [2.75, 3.05) is 26.3 Å². The molecule has 0 amide bonds. The van der Waals surface area contributed by atoms with Crippen LogP contribution in [0.1, 0.15) is 78.1 Å². The highest BCUT2D eigenvalue weighted by atomic mass is 16.5. The van der Waals surface area contributed by atoms with Crippen LogP contribution in [0.2, 0.25) is 0 Å². The Hall–Kier alpha value is -0.160. The third-order valence-electron chi connectivity index (χ3n) is 4.01. The molecule has 4 N–H and O–H groups in total. The van der Waals surface area contributed by atoms with E-state index in [1.807, 2.05) is 6.92 Å². The summed E-state index contributed by atoms with van der Waals surface area (Å²) < 4.78 is 5.51. The van der Waals surface area contributed by atoms with Gasteiger partial charge < -0.3 is 20.9 Å². The molecule has 0 heterocycles. The summed E-state index contributed by atoms with van der Waals surface area (Å²) in [5.74, 6) is 0. The van der Waals surface area contributed by atoms with E-state index in [1.165, 1.54) is 57.8 Å². The largest absolute Gasteiger partial charge is 0.389 e. The maximum absolute atomic E-state index is 9.73. The molecule has 0 aromatic heterocycles. The molecule has 0 spiro atoms. The van der Waals surface area contributed by atoms with E-state index in [2.05, 4.69) is 12.2 Å². The number of nitrogens with two attached hydrogens (primary N) is 1. The molecule has 0 aromatic rings. The van der Waals surface area contributed by atoms with Crippen molar-refractivity contribution in [3.63, 3.8) is 0 Å². The quantitative estimate of drug-likeness (QED) is 0.360. The van der Waals surface area contributed by atoms with E-state index in [9.17, 15) is 5.11 Å². The zero-order valence-electron chi connectivity index (χ0n) is 15.0. The third-order valence-corrected chi connectivity index (χ3v) is 4.01. The first-order valence-electron chi connectivity index (χ1n) is 9.40.